The van der Waals surface area contributed by atoms with E-state index in [0.717, 1.165) is 4.57 Å². The van der Waals surface area contributed by atoms with E-state index in [0.29, 0.717) is 0 Å². The fraction of sp³-hybridized carbons (Fsp3) is 0.538. The zero-order chi connectivity index (χ0) is 15.3. The SMILES string of the molecule is CC(C)C(CC(=O)O)NC(=O)c1cccn1CC(F)F. The van der Waals surface area contributed by atoms with E-state index in [4.69, 9.17) is 5.11 Å². The van der Waals surface area contributed by atoms with E-state index in [1.807, 2.05) is 0 Å². The number of rotatable bonds is 7. The monoisotopic (exact) mass is 288 g/mol. The molecule has 0 aromatic carbocycles. The molecular formula is C13H18F2N2O3. The van der Waals surface area contributed by atoms with Gasteiger partial charge in [-0.1, -0.05) is 13.8 Å². The van der Waals surface area contributed by atoms with Gasteiger partial charge in [-0.2, -0.15) is 0 Å². The zero-order valence-corrected chi connectivity index (χ0v) is 11.3. The fourth-order valence-electron chi connectivity index (χ4n) is 1.81. The van der Waals surface area contributed by atoms with Gasteiger partial charge in [0.2, 0.25) is 0 Å². The highest BCUT2D eigenvalue weighted by atomic mass is 19.3. The Morgan fingerprint density at radius 1 is 1.40 bits per heavy atom. The van der Waals surface area contributed by atoms with Gasteiger partial charge in [-0.3, -0.25) is 9.59 Å². The zero-order valence-electron chi connectivity index (χ0n) is 11.3. The second kappa shape index (κ2) is 7.02. The molecule has 5 nitrogen and oxygen atoms in total. The minimum Gasteiger partial charge on any atom is -0.481 e. The van der Waals surface area contributed by atoms with Gasteiger partial charge in [0.25, 0.3) is 12.3 Å². The molecule has 1 rings (SSSR count). The largest absolute Gasteiger partial charge is 0.481 e. The minimum absolute atomic E-state index is 0.0754. The Hall–Kier alpha value is -1.92. The minimum atomic E-state index is -2.56. The molecule has 0 saturated heterocycles. The number of carboxylic acids is 1. The number of amides is 1. The van der Waals surface area contributed by atoms with Crippen molar-refractivity contribution < 1.29 is 23.5 Å². The molecule has 0 radical (unpaired) electrons. The van der Waals surface area contributed by atoms with Gasteiger partial charge in [0.1, 0.15) is 5.69 Å². The first kappa shape index (κ1) is 16.1. The molecule has 0 aliphatic rings. The van der Waals surface area contributed by atoms with E-state index in [1.165, 1.54) is 18.3 Å². The lowest BCUT2D eigenvalue weighted by atomic mass is 10.0. The van der Waals surface area contributed by atoms with E-state index in [9.17, 15) is 18.4 Å². The topological polar surface area (TPSA) is 71.3 Å². The van der Waals surface area contributed by atoms with Gasteiger partial charge in [-0.15, -0.1) is 0 Å². The lowest BCUT2D eigenvalue weighted by molar-refractivity contribution is -0.137. The van der Waals surface area contributed by atoms with Gasteiger partial charge >= 0.3 is 5.97 Å². The van der Waals surface area contributed by atoms with Crippen LogP contribution in [0.3, 0.4) is 0 Å². The highest BCUT2D eigenvalue weighted by molar-refractivity contribution is 5.93. The molecule has 1 aromatic rings. The second-order valence-corrected chi connectivity index (χ2v) is 4.86. The van der Waals surface area contributed by atoms with Crippen LogP contribution in [-0.2, 0) is 11.3 Å². The summed E-state index contributed by atoms with van der Waals surface area (Å²) in [5.74, 6) is -1.64. The van der Waals surface area contributed by atoms with Crippen molar-refractivity contribution in [1.29, 1.82) is 0 Å². The molecule has 0 spiro atoms. The van der Waals surface area contributed by atoms with Crippen molar-refractivity contribution in [2.45, 2.75) is 39.3 Å². The van der Waals surface area contributed by atoms with Crippen molar-refractivity contribution in [1.82, 2.24) is 9.88 Å². The quantitative estimate of drug-likeness (QED) is 0.806. The smallest absolute Gasteiger partial charge is 0.305 e. The molecule has 0 saturated carbocycles. The second-order valence-electron chi connectivity index (χ2n) is 4.86. The standard InChI is InChI=1S/C13H18F2N2O3/c1-8(2)9(6-12(18)19)16-13(20)10-4-3-5-17(10)7-11(14)15/h3-5,8-9,11H,6-7H2,1-2H3,(H,16,20)(H,18,19). The number of hydrogen-bond acceptors (Lipinski definition) is 2. The average molecular weight is 288 g/mol. The van der Waals surface area contributed by atoms with E-state index < -0.39 is 30.9 Å². The number of carbonyl (C=O) groups is 2. The maximum atomic E-state index is 12.4. The van der Waals surface area contributed by atoms with Gasteiger partial charge in [-0.25, -0.2) is 8.78 Å². The Morgan fingerprint density at radius 2 is 2.05 bits per heavy atom. The highest BCUT2D eigenvalue weighted by Gasteiger charge is 2.22. The molecule has 0 aliphatic carbocycles. The first-order valence-electron chi connectivity index (χ1n) is 6.27. The van der Waals surface area contributed by atoms with Crippen LogP contribution < -0.4 is 5.32 Å². The molecule has 7 heteroatoms. The van der Waals surface area contributed by atoms with Crippen molar-refractivity contribution in [2.24, 2.45) is 5.92 Å². The van der Waals surface area contributed by atoms with E-state index in [2.05, 4.69) is 5.32 Å². The van der Waals surface area contributed by atoms with E-state index in [1.54, 1.807) is 13.8 Å². The molecule has 2 N–H and O–H groups in total. The van der Waals surface area contributed by atoms with Crippen LogP contribution in [0.4, 0.5) is 8.78 Å². The highest BCUT2D eigenvalue weighted by Crippen LogP contribution is 2.10. The number of nitrogens with one attached hydrogen (secondary N) is 1. The van der Waals surface area contributed by atoms with Crippen LogP contribution >= 0.6 is 0 Å². The summed E-state index contributed by atoms with van der Waals surface area (Å²) >= 11 is 0. The van der Waals surface area contributed by atoms with Crippen LogP contribution in [0.2, 0.25) is 0 Å². The number of carbonyl (C=O) groups excluding carboxylic acids is 1. The van der Waals surface area contributed by atoms with Crippen LogP contribution in [0, 0.1) is 5.92 Å². The summed E-state index contributed by atoms with van der Waals surface area (Å²) in [6, 6.07) is 2.38. The normalized spacial score (nSPS) is 12.7. The van der Waals surface area contributed by atoms with Crippen molar-refractivity contribution in [3.63, 3.8) is 0 Å². The van der Waals surface area contributed by atoms with Crippen LogP contribution in [0.1, 0.15) is 30.8 Å². The molecule has 0 aliphatic heterocycles. The Morgan fingerprint density at radius 3 is 2.55 bits per heavy atom. The van der Waals surface area contributed by atoms with Crippen molar-refractivity contribution in [3.8, 4) is 0 Å². The summed E-state index contributed by atoms with van der Waals surface area (Å²) in [6.07, 6.45) is -1.38. The molecule has 0 bridgehead atoms. The Bertz CT molecular complexity index is 472. The summed E-state index contributed by atoms with van der Waals surface area (Å²) in [7, 11) is 0. The molecule has 1 amide bonds. The van der Waals surface area contributed by atoms with Gasteiger partial charge in [-0.05, 0) is 18.1 Å². The average Bonchev–Trinajstić information content (AvgIpc) is 2.74. The number of carboxylic acid groups (broad SMARTS) is 1. The fourth-order valence-corrected chi connectivity index (χ4v) is 1.81. The van der Waals surface area contributed by atoms with Crippen LogP contribution in [0.5, 0.6) is 0 Å². The third kappa shape index (κ3) is 4.64. The van der Waals surface area contributed by atoms with Gasteiger partial charge in [0.15, 0.2) is 0 Å². The summed E-state index contributed by atoms with van der Waals surface area (Å²) in [5.41, 5.74) is 0.0985. The third-order valence-electron chi connectivity index (χ3n) is 2.91. The third-order valence-corrected chi connectivity index (χ3v) is 2.91. The Kier molecular flexibility index (Phi) is 5.66. The molecule has 1 atom stereocenters. The summed E-state index contributed by atoms with van der Waals surface area (Å²) in [6.45, 7) is 3.00. The van der Waals surface area contributed by atoms with Crippen molar-refractivity contribution in [3.05, 3.63) is 24.0 Å². The van der Waals surface area contributed by atoms with Crippen LogP contribution in [0.25, 0.3) is 0 Å². The Labute approximate surface area is 115 Å². The van der Waals surface area contributed by atoms with Crippen LogP contribution in [0.15, 0.2) is 18.3 Å². The molecule has 112 valence electrons. The first-order chi connectivity index (χ1) is 9.31. The number of aromatic nitrogens is 1. The number of aliphatic carboxylic acids is 1. The molecule has 1 aromatic heterocycles. The summed E-state index contributed by atoms with van der Waals surface area (Å²) in [5, 5.41) is 11.4. The molecule has 0 fully saturated rings. The van der Waals surface area contributed by atoms with Crippen LogP contribution in [-0.4, -0.2) is 34.0 Å². The maximum Gasteiger partial charge on any atom is 0.305 e. The number of hydrogen-bond donors (Lipinski definition) is 2. The lowest BCUT2D eigenvalue weighted by Gasteiger charge is -2.21. The maximum absolute atomic E-state index is 12.4. The number of halogens is 2. The van der Waals surface area contributed by atoms with Crippen molar-refractivity contribution in [2.75, 3.05) is 0 Å². The van der Waals surface area contributed by atoms with Gasteiger partial charge in [0.05, 0.1) is 13.0 Å². The van der Waals surface area contributed by atoms with Gasteiger partial charge in [0, 0.05) is 12.2 Å². The van der Waals surface area contributed by atoms with Crippen molar-refractivity contribution >= 4 is 11.9 Å². The summed E-state index contributed by atoms with van der Waals surface area (Å²) < 4.78 is 25.9. The van der Waals surface area contributed by atoms with E-state index >= 15 is 0 Å². The Balaban J connectivity index is 2.79. The van der Waals surface area contributed by atoms with E-state index in [-0.39, 0.29) is 18.0 Å². The molecule has 1 unspecified atom stereocenters. The van der Waals surface area contributed by atoms with Gasteiger partial charge < -0.3 is 15.0 Å². The predicted molar refractivity (Wildman–Crippen MR) is 68.8 cm³/mol. The molecule has 1 heterocycles. The first-order valence-corrected chi connectivity index (χ1v) is 6.27. The molecule has 20 heavy (non-hydrogen) atoms. The number of alkyl halides is 2. The lowest BCUT2D eigenvalue weighted by Crippen LogP contribution is -2.40. The predicted octanol–water partition coefficient (Wildman–Crippen LogP) is 1.98. The molecular weight excluding hydrogens is 270 g/mol. The summed E-state index contributed by atoms with van der Waals surface area (Å²) in [4.78, 5) is 22.8. The number of nitrogens with zero attached hydrogens (tertiary/aromatic N) is 1.